The Labute approximate surface area is 213 Å². The minimum absolute atomic E-state index is 0.0811. The molecule has 1 amide bonds. The highest BCUT2D eigenvalue weighted by atomic mass is 35.5. The van der Waals surface area contributed by atoms with Crippen LogP contribution in [-0.4, -0.2) is 51.9 Å². The second-order valence-electron chi connectivity index (χ2n) is 8.52. The zero-order valence-corrected chi connectivity index (χ0v) is 21.0. The summed E-state index contributed by atoms with van der Waals surface area (Å²) in [7, 11) is 0. The fourth-order valence-corrected chi connectivity index (χ4v) is 4.67. The van der Waals surface area contributed by atoms with Gasteiger partial charge in [0.1, 0.15) is 11.6 Å². The number of anilines is 1. The summed E-state index contributed by atoms with van der Waals surface area (Å²) in [5.41, 5.74) is 3.22. The average molecular weight is 514 g/mol. The van der Waals surface area contributed by atoms with Crippen molar-refractivity contribution in [3.05, 3.63) is 90.8 Å². The Morgan fingerprint density at radius 1 is 1.03 bits per heavy atom. The van der Waals surface area contributed by atoms with Gasteiger partial charge in [-0.15, -0.1) is 0 Å². The molecule has 1 aliphatic rings. The Kier molecular flexibility index (Phi) is 7.52. The van der Waals surface area contributed by atoms with Crippen LogP contribution in [-0.2, 0) is 6.42 Å². The van der Waals surface area contributed by atoms with Crippen molar-refractivity contribution < 1.29 is 9.72 Å². The van der Waals surface area contributed by atoms with Crippen LogP contribution in [0.25, 0.3) is 0 Å². The lowest BCUT2D eigenvalue weighted by atomic mass is 10.0. The number of amides is 1. The number of aromatic nitrogens is 2. The molecule has 0 bridgehead atoms. The van der Waals surface area contributed by atoms with Gasteiger partial charge in [-0.3, -0.25) is 14.9 Å². The Morgan fingerprint density at radius 2 is 1.77 bits per heavy atom. The number of halogens is 2. The summed E-state index contributed by atoms with van der Waals surface area (Å²) in [6.07, 6.45) is 1.43. The third kappa shape index (κ3) is 5.71. The molecular weight excluding hydrogens is 489 g/mol. The van der Waals surface area contributed by atoms with Crippen molar-refractivity contribution in [2.45, 2.75) is 26.7 Å². The number of hydrogen-bond acceptors (Lipinski definition) is 6. The van der Waals surface area contributed by atoms with Crippen molar-refractivity contribution in [3.8, 4) is 0 Å². The van der Waals surface area contributed by atoms with E-state index in [-0.39, 0.29) is 22.2 Å². The Morgan fingerprint density at radius 3 is 2.46 bits per heavy atom. The molecule has 182 valence electrons. The maximum atomic E-state index is 13.2. The first-order valence-corrected chi connectivity index (χ1v) is 12.0. The van der Waals surface area contributed by atoms with Crippen molar-refractivity contribution in [3.63, 3.8) is 0 Å². The Balaban J connectivity index is 1.55. The van der Waals surface area contributed by atoms with Gasteiger partial charge in [0, 0.05) is 61.0 Å². The SMILES string of the molecule is Cc1nc(C)c(Cc2ccc(Cl)cc2)c(N2CCCN(C(=O)c3ccc([N+](=O)[O-])cc3Cl)CC2)n1. The number of hydrogen-bond donors (Lipinski definition) is 0. The van der Waals surface area contributed by atoms with Crippen LogP contribution in [0.4, 0.5) is 11.5 Å². The maximum absolute atomic E-state index is 13.2. The molecule has 0 unspecified atom stereocenters. The summed E-state index contributed by atoms with van der Waals surface area (Å²) >= 11 is 12.3. The van der Waals surface area contributed by atoms with Crippen LogP contribution in [0.1, 0.15) is 39.4 Å². The summed E-state index contributed by atoms with van der Waals surface area (Å²) in [5.74, 6) is 1.35. The lowest BCUT2D eigenvalue weighted by molar-refractivity contribution is -0.384. The topological polar surface area (TPSA) is 92.5 Å². The van der Waals surface area contributed by atoms with E-state index in [0.29, 0.717) is 36.9 Å². The molecule has 4 rings (SSSR count). The summed E-state index contributed by atoms with van der Waals surface area (Å²) in [6.45, 7) is 6.24. The van der Waals surface area contributed by atoms with Gasteiger partial charge in [-0.2, -0.15) is 0 Å². The van der Waals surface area contributed by atoms with Crippen LogP contribution in [0.5, 0.6) is 0 Å². The predicted octanol–water partition coefficient (Wildman–Crippen LogP) is 5.25. The van der Waals surface area contributed by atoms with Crippen LogP contribution >= 0.6 is 23.2 Å². The van der Waals surface area contributed by atoms with E-state index in [4.69, 9.17) is 28.2 Å². The van der Waals surface area contributed by atoms with E-state index in [2.05, 4.69) is 9.88 Å². The van der Waals surface area contributed by atoms with Crippen molar-refractivity contribution in [1.82, 2.24) is 14.9 Å². The number of nitrogens with zero attached hydrogens (tertiary/aromatic N) is 5. The fraction of sp³-hybridized carbons (Fsp3) is 0.320. The highest BCUT2D eigenvalue weighted by Crippen LogP contribution is 2.27. The predicted molar refractivity (Wildman–Crippen MR) is 137 cm³/mol. The van der Waals surface area contributed by atoms with Crippen LogP contribution in [0.2, 0.25) is 10.0 Å². The monoisotopic (exact) mass is 513 g/mol. The lowest BCUT2D eigenvalue weighted by Gasteiger charge is -2.26. The van der Waals surface area contributed by atoms with Gasteiger partial charge in [-0.1, -0.05) is 35.3 Å². The second kappa shape index (κ2) is 10.6. The summed E-state index contributed by atoms with van der Waals surface area (Å²) in [5, 5.41) is 11.8. The molecule has 0 atom stereocenters. The zero-order valence-electron chi connectivity index (χ0n) is 19.5. The molecule has 2 heterocycles. The number of rotatable bonds is 5. The van der Waals surface area contributed by atoms with Crippen LogP contribution in [0, 0.1) is 24.0 Å². The van der Waals surface area contributed by atoms with E-state index in [1.54, 1.807) is 4.90 Å². The number of non-ortho nitro benzene ring substituents is 1. The molecule has 1 saturated heterocycles. The second-order valence-corrected chi connectivity index (χ2v) is 9.36. The number of benzene rings is 2. The van der Waals surface area contributed by atoms with Crippen molar-refractivity contribution >= 4 is 40.6 Å². The molecule has 1 aromatic heterocycles. The third-order valence-electron chi connectivity index (χ3n) is 6.07. The largest absolute Gasteiger partial charge is 0.354 e. The van der Waals surface area contributed by atoms with E-state index >= 15 is 0 Å². The van der Waals surface area contributed by atoms with Gasteiger partial charge in [0.25, 0.3) is 11.6 Å². The number of nitro groups is 1. The zero-order chi connectivity index (χ0) is 25.1. The molecule has 35 heavy (non-hydrogen) atoms. The molecule has 10 heteroatoms. The minimum atomic E-state index is -0.530. The van der Waals surface area contributed by atoms with E-state index in [0.717, 1.165) is 35.6 Å². The summed E-state index contributed by atoms with van der Waals surface area (Å²) in [4.78, 5) is 36.9. The van der Waals surface area contributed by atoms with Crippen molar-refractivity contribution in [2.24, 2.45) is 0 Å². The van der Waals surface area contributed by atoms with Gasteiger partial charge < -0.3 is 9.80 Å². The highest BCUT2D eigenvalue weighted by molar-refractivity contribution is 6.34. The van der Waals surface area contributed by atoms with Gasteiger partial charge in [-0.05, 0) is 44.0 Å². The lowest BCUT2D eigenvalue weighted by Crippen LogP contribution is -2.36. The highest BCUT2D eigenvalue weighted by Gasteiger charge is 2.25. The van der Waals surface area contributed by atoms with Gasteiger partial charge in [0.15, 0.2) is 0 Å². The molecule has 0 N–H and O–H groups in total. The third-order valence-corrected chi connectivity index (χ3v) is 6.64. The number of carbonyl (C=O) groups excluding carboxylic acids is 1. The van der Waals surface area contributed by atoms with Crippen molar-refractivity contribution in [2.75, 3.05) is 31.1 Å². The van der Waals surface area contributed by atoms with E-state index in [1.165, 1.54) is 18.2 Å². The van der Waals surface area contributed by atoms with E-state index in [9.17, 15) is 14.9 Å². The first-order chi connectivity index (χ1) is 16.7. The molecule has 0 aliphatic carbocycles. The van der Waals surface area contributed by atoms with Gasteiger partial charge >= 0.3 is 0 Å². The molecular formula is C25H25Cl2N5O3. The molecule has 0 radical (unpaired) electrons. The molecule has 0 spiro atoms. The molecule has 0 saturated carbocycles. The first kappa shape index (κ1) is 24.9. The normalized spacial score (nSPS) is 14.1. The van der Waals surface area contributed by atoms with Crippen molar-refractivity contribution in [1.29, 1.82) is 0 Å². The number of carbonyl (C=O) groups is 1. The van der Waals surface area contributed by atoms with Gasteiger partial charge in [0.2, 0.25) is 0 Å². The summed E-state index contributed by atoms with van der Waals surface area (Å²) < 4.78 is 0. The number of aryl methyl sites for hydroxylation is 2. The van der Waals surface area contributed by atoms with Crippen LogP contribution in [0.3, 0.4) is 0 Å². The molecule has 8 nitrogen and oxygen atoms in total. The number of nitro benzene ring substituents is 1. The molecule has 2 aromatic carbocycles. The molecule has 1 aliphatic heterocycles. The van der Waals surface area contributed by atoms with Crippen LogP contribution in [0.15, 0.2) is 42.5 Å². The molecule has 1 fully saturated rings. The standard InChI is InChI=1S/C25H25Cl2N5O3/c1-16-22(14-18-4-6-19(26)7-5-18)24(29-17(2)28-16)30-10-3-11-31(13-12-30)25(33)21-9-8-20(32(34)35)15-23(21)27/h4-9,15H,3,10-14H2,1-2H3. The average Bonchev–Trinajstić information content (AvgIpc) is 3.07. The quantitative estimate of drug-likeness (QED) is 0.341. The Bertz CT molecular complexity index is 1270. The van der Waals surface area contributed by atoms with Gasteiger partial charge in [0.05, 0.1) is 15.5 Å². The first-order valence-electron chi connectivity index (χ1n) is 11.3. The maximum Gasteiger partial charge on any atom is 0.270 e. The van der Waals surface area contributed by atoms with E-state index < -0.39 is 4.92 Å². The summed E-state index contributed by atoms with van der Waals surface area (Å²) in [6, 6.07) is 11.7. The van der Waals surface area contributed by atoms with Crippen LogP contribution < -0.4 is 4.90 Å². The van der Waals surface area contributed by atoms with Gasteiger partial charge in [-0.25, -0.2) is 9.97 Å². The molecule has 3 aromatic rings. The fourth-order valence-electron chi connectivity index (χ4n) is 4.29. The van der Waals surface area contributed by atoms with E-state index in [1.807, 2.05) is 38.1 Å². The Hall–Kier alpha value is -3.23. The minimum Gasteiger partial charge on any atom is -0.354 e. The smallest absolute Gasteiger partial charge is 0.270 e.